The summed E-state index contributed by atoms with van der Waals surface area (Å²) in [5.41, 5.74) is 0.325. The summed E-state index contributed by atoms with van der Waals surface area (Å²) in [6, 6.07) is 4.16. The summed E-state index contributed by atoms with van der Waals surface area (Å²) in [4.78, 5) is 11.3. The molecule has 17 heavy (non-hydrogen) atoms. The standard InChI is InChI=1S/C12H13BrFNO2/c1-8(7-16)15-12(17)5-2-9-6-10(13)3-4-11(9)14/h2-6,8,16H,7H2,1H3,(H,15,17)/t8-/m1/s1. The van der Waals surface area contributed by atoms with E-state index in [9.17, 15) is 9.18 Å². The van der Waals surface area contributed by atoms with Gasteiger partial charge in [0.2, 0.25) is 5.91 Å². The van der Waals surface area contributed by atoms with Gasteiger partial charge in [-0.25, -0.2) is 4.39 Å². The molecule has 92 valence electrons. The lowest BCUT2D eigenvalue weighted by atomic mass is 10.2. The Morgan fingerprint density at radius 1 is 1.65 bits per heavy atom. The van der Waals surface area contributed by atoms with Crippen molar-refractivity contribution < 1.29 is 14.3 Å². The number of hydrogen-bond acceptors (Lipinski definition) is 2. The van der Waals surface area contributed by atoms with Crippen molar-refractivity contribution in [2.24, 2.45) is 0 Å². The largest absolute Gasteiger partial charge is 0.394 e. The second kappa shape index (κ2) is 6.51. The maximum Gasteiger partial charge on any atom is 0.244 e. The van der Waals surface area contributed by atoms with E-state index in [-0.39, 0.29) is 18.6 Å². The molecule has 0 saturated carbocycles. The Morgan fingerprint density at radius 3 is 3.00 bits per heavy atom. The van der Waals surface area contributed by atoms with Crippen LogP contribution in [0.3, 0.4) is 0 Å². The molecule has 1 aromatic rings. The first-order valence-electron chi connectivity index (χ1n) is 5.07. The molecule has 2 N–H and O–H groups in total. The van der Waals surface area contributed by atoms with Crippen molar-refractivity contribution in [3.05, 3.63) is 40.1 Å². The third kappa shape index (κ3) is 4.66. The van der Waals surface area contributed by atoms with Crippen LogP contribution in [0.2, 0.25) is 0 Å². The zero-order valence-corrected chi connectivity index (χ0v) is 10.9. The van der Waals surface area contributed by atoms with E-state index in [4.69, 9.17) is 5.11 Å². The number of halogens is 2. The summed E-state index contributed by atoms with van der Waals surface area (Å²) in [5, 5.41) is 11.3. The zero-order valence-electron chi connectivity index (χ0n) is 9.28. The lowest BCUT2D eigenvalue weighted by Gasteiger charge is -2.07. The third-order valence-electron chi connectivity index (χ3n) is 2.03. The molecule has 0 spiro atoms. The normalized spacial score (nSPS) is 12.7. The SMILES string of the molecule is C[C@H](CO)NC(=O)C=Cc1cc(Br)ccc1F. The molecular weight excluding hydrogens is 289 g/mol. The lowest BCUT2D eigenvalue weighted by molar-refractivity contribution is -0.117. The van der Waals surface area contributed by atoms with Crippen LogP contribution in [0.4, 0.5) is 4.39 Å². The Kier molecular flexibility index (Phi) is 5.31. The fourth-order valence-electron chi connectivity index (χ4n) is 1.14. The summed E-state index contributed by atoms with van der Waals surface area (Å²) in [7, 11) is 0. The maximum atomic E-state index is 13.3. The van der Waals surface area contributed by atoms with Crippen LogP contribution in [0, 0.1) is 5.82 Å². The summed E-state index contributed by atoms with van der Waals surface area (Å²) in [6.07, 6.45) is 2.62. The van der Waals surface area contributed by atoms with Crippen LogP contribution in [-0.2, 0) is 4.79 Å². The third-order valence-corrected chi connectivity index (χ3v) is 2.53. The predicted octanol–water partition coefficient (Wildman–Crippen LogP) is 2.10. The average molecular weight is 302 g/mol. The summed E-state index contributed by atoms with van der Waals surface area (Å²) in [5.74, 6) is -0.765. The number of nitrogens with one attached hydrogen (secondary N) is 1. The first-order valence-corrected chi connectivity index (χ1v) is 5.86. The van der Waals surface area contributed by atoms with Gasteiger partial charge in [-0.05, 0) is 31.2 Å². The van der Waals surface area contributed by atoms with Gasteiger partial charge in [0.15, 0.2) is 0 Å². The maximum absolute atomic E-state index is 13.3. The van der Waals surface area contributed by atoms with Gasteiger partial charge in [0, 0.05) is 22.2 Å². The molecule has 0 aliphatic rings. The number of aliphatic hydroxyl groups excluding tert-OH is 1. The van der Waals surface area contributed by atoms with Crippen molar-refractivity contribution in [1.29, 1.82) is 0 Å². The van der Waals surface area contributed by atoms with Crippen LogP contribution in [0.25, 0.3) is 6.08 Å². The minimum absolute atomic E-state index is 0.134. The van der Waals surface area contributed by atoms with Crippen LogP contribution in [0.1, 0.15) is 12.5 Å². The van der Waals surface area contributed by atoms with Crippen LogP contribution in [0.15, 0.2) is 28.7 Å². The van der Waals surface area contributed by atoms with Crippen LogP contribution < -0.4 is 5.32 Å². The predicted molar refractivity (Wildman–Crippen MR) is 67.8 cm³/mol. The highest BCUT2D eigenvalue weighted by molar-refractivity contribution is 9.10. The van der Waals surface area contributed by atoms with E-state index in [2.05, 4.69) is 21.2 Å². The number of rotatable bonds is 4. The molecule has 0 unspecified atom stereocenters. The lowest BCUT2D eigenvalue weighted by Crippen LogP contribution is -2.33. The Balaban J connectivity index is 2.70. The summed E-state index contributed by atoms with van der Waals surface area (Å²) < 4.78 is 14.0. The molecule has 0 bridgehead atoms. The van der Waals surface area contributed by atoms with Gasteiger partial charge in [0.05, 0.1) is 6.61 Å². The number of benzene rings is 1. The highest BCUT2D eigenvalue weighted by atomic mass is 79.9. The highest BCUT2D eigenvalue weighted by Gasteiger charge is 2.03. The molecule has 1 amide bonds. The Morgan fingerprint density at radius 2 is 2.35 bits per heavy atom. The van der Waals surface area contributed by atoms with Gasteiger partial charge in [-0.2, -0.15) is 0 Å². The Hall–Kier alpha value is -1.20. The Bertz CT molecular complexity index is 435. The molecule has 0 saturated heterocycles. The number of aliphatic hydroxyl groups is 1. The van der Waals surface area contributed by atoms with Gasteiger partial charge in [0.1, 0.15) is 5.82 Å². The molecule has 1 rings (SSSR count). The van der Waals surface area contributed by atoms with Crippen molar-refractivity contribution in [1.82, 2.24) is 5.32 Å². The number of carbonyl (C=O) groups excluding carboxylic acids is 1. The van der Waals surface area contributed by atoms with Crippen molar-refractivity contribution in [2.75, 3.05) is 6.61 Å². The van der Waals surface area contributed by atoms with Gasteiger partial charge in [0.25, 0.3) is 0 Å². The topological polar surface area (TPSA) is 49.3 Å². The van der Waals surface area contributed by atoms with Crippen molar-refractivity contribution in [3.8, 4) is 0 Å². The van der Waals surface area contributed by atoms with Gasteiger partial charge >= 0.3 is 0 Å². The van der Waals surface area contributed by atoms with E-state index >= 15 is 0 Å². The van der Waals surface area contributed by atoms with Gasteiger partial charge in [-0.1, -0.05) is 15.9 Å². The summed E-state index contributed by atoms with van der Waals surface area (Å²) in [6.45, 7) is 1.54. The monoisotopic (exact) mass is 301 g/mol. The van der Waals surface area contributed by atoms with E-state index in [0.29, 0.717) is 5.56 Å². The van der Waals surface area contributed by atoms with E-state index in [1.54, 1.807) is 19.1 Å². The molecule has 0 radical (unpaired) electrons. The zero-order chi connectivity index (χ0) is 12.8. The van der Waals surface area contributed by atoms with Crippen molar-refractivity contribution in [2.45, 2.75) is 13.0 Å². The van der Waals surface area contributed by atoms with E-state index in [1.165, 1.54) is 18.2 Å². The van der Waals surface area contributed by atoms with Crippen LogP contribution in [0.5, 0.6) is 0 Å². The number of hydrogen-bond donors (Lipinski definition) is 2. The second-order valence-corrected chi connectivity index (χ2v) is 4.51. The molecule has 1 aromatic carbocycles. The first-order chi connectivity index (χ1) is 8.02. The fraction of sp³-hybridized carbons (Fsp3) is 0.250. The van der Waals surface area contributed by atoms with Gasteiger partial charge in [-0.15, -0.1) is 0 Å². The van der Waals surface area contributed by atoms with Crippen LogP contribution >= 0.6 is 15.9 Å². The number of carbonyl (C=O) groups is 1. The fourth-order valence-corrected chi connectivity index (χ4v) is 1.52. The average Bonchev–Trinajstić information content (AvgIpc) is 2.30. The quantitative estimate of drug-likeness (QED) is 0.837. The minimum atomic E-state index is -0.396. The van der Waals surface area contributed by atoms with Crippen molar-refractivity contribution >= 4 is 27.9 Å². The van der Waals surface area contributed by atoms with E-state index in [1.807, 2.05) is 0 Å². The minimum Gasteiger partial charge on any atom is -0.394 e. The number of amides is 1. The molecule has 3 nitrogen and oxygen atoms in total. The molecule has 5 heteroatoms. The van der Waals surface area contributed by atoms with E-state index < -0.39 is 5.82 Å². The first kappa shape index (κ1) is 13.9. The second-order valence-electron chi connectivity index (χ2n) is 3.59. The molecule has 0 aromatic heterocycles. The molecular formula is C12H13BrFNO2. The molecule has 1 atom stereocenters. The highest BCUT2D eigenvalue weighted by Crippen LogP contribution is 2.16. The van der Waals surface area contributed by atoms with Gasteiger partial charge < -0.3 is 10.4 Å². The Labute approximate surface area is 107 Å². The van der Waals surface area contributed by atoms with Crippen molar-refractivity contribution in [3.63, 3.8) is 0 Å². The smallest absolute Gasteiger partial charge is 0.244 e. The molecule has 0 heterocycles. The van der Waals surface area contributed by atoms with E-state index in [0.717, 1.165) is 4.47 Å². The van der Waals surface area contributed by atoms with Gasteiger partial charge in [-0.3, -0.25) is 4.79 Å². The van der Waals surface area contributed by atoms with Crippen LogP contribution in [-0.4, -0.2) is 23.7 Å². The molecule has 0 fully saturated rings. The molecule has 0 aliphatic heterocycles. The summed E-state index contributed by atoms with van der Waals surface area (Å²) >= 11 is 3.22. The molecule has 0 aliphatic carbocycles.